The third kappa shape index (κ3) is 2.28. The minimum atomic E-state index is 0.0779. The summed E-state index contributed by atoms with van der Waals surface area (Å²) in [5.74, 6) is 1.97. The predicted octanol–water partition coefficient (Wildman–Crippen LogP) is 6.03. The normalized spacial score (nSPS) is 44.5. The maximum atomic E-state index is 2.66. The molecule has 2 aliphatic rings. The Morgan fingerprint density at radius 1 is 1.00 bits per heavy atom. The molecule has 2 unspecified atom stereocenters. The highest BCUT2D eigenvalue weighted by atomic mass is 31.1. The molecular formula is C17H33P. The van der Waals surface area contributed by atoms with Gasteiger partial charge in [0.1, 0.15) is 0 Å². The van der Waals surface area contributed by atoms with Gasteiger partial charge >= 0.3 is 0 Å². The van der Waals surface area contributed by atoms with Gasteiger partial charge in [0.05, 0.1) is 0 Å². The van der Waals surface area contributed by atoms with E-state index in [1.807, 2.05) is 0 Å². The van der Waals surface area contributed by atoms with Gasteiger partial charge in [-0.2, -0.15) is 0 Å². The van der Waals surface area contributed by atoms with Crippen molar-refractivity contribution in [1.82, 2.24) is 0 Å². The van der Waals surface area contributed by atoms with Gasteiger partial charge in [0.2, 0.25) is 0 Å². The van der Waals surface area contributed by atoms with Crippen molar-refractivity contribution in [1.29, 1.82) is 0 Å². The van der Waals surface area contributed by atoms with Gasteiger partial charge in [-0.05, 0) is 46.6 Å². The average molecular weight is 268 g/mol. The Bertz CT molecular complexity index is 312. The van der Waals surface area contributed by atoms with Crippen LogP contribution in [0, 0.1) is 11.8 Å². The maximum Gasteiger partial charge on any atom is -0.00824 e. The first-order valence-corrected chi connectivity index (χ1v) is 9.24. The fraction of sp³-hybridized carbons (Fsp3) is 1.00. The summed E-state index contributed by atoms with van der Waals surface area (Å²) >= 11 is 0. The van der Waals surface area contributed by atoms with E-state index in [1.165, 1.54) is 32.1 Å². The van der Waals surface area contributed by atoms with E-state index < -0.39 is 0 Å². The first-order chi connectivity index (χ1) is 8.09. The van der Waals surface area contributed by atoms with E-state index >= 15 is 0 Å². The SMILES string of the molecule is C[C@H]1CCC[C@]2(C)C1CCC(C)(C)P2C(C)(C)C. The van der Waals surface area contributed by atoms with Crippen molar-refractivity contribution in [3.63, 3.8) is 0 Å². The van der Waals surface area contributed by atoms with Gasteiger partial charge in [0.15, 0.2) is 0 Å². The van der Waals surface area contributed by atoms with Gasteiger partial charge in [-0.1, -0.05) is 69.2 Å². The van der Waals surface area contributed by atoms with Crippen LogP contribution in [-0.2, 0) is 0 Å². The Hall–Kier alpha value is 0.430. The molecule has 1 saturated carbocycles. The number of hydrogen-bond acceptors (Lipinski definition) is 0. The zero-order valence-corrected chi connectivity index (χ0v) is 14.5. The summed E-state index contributed by atoms with van der Waals surface area (Å²) in [6, 6.07) is 0. The minimum Gasteiger partial charge on any atom is -0.0890 e. The molecule has 1 heteroatoms. The molecule has 4 atom stereocenters. The molecule has 0 nitrogen and oxygen atoms in total. The Morgan fingerprint density at radius 3 is 2.17 bits per heavy atom. The van der Waals surface area contributed by atoms with Crippen LogP contribution >= 0.6 is 7.92 Å². The molecule has 2 fully saturated rings. The van der Waals surface area contributed by atoms with Gasteiger partial charge in [-0.3, -0.25) is 0 Å². The van der Waals surface area contributed by atoms with E-state index in [0.29, 0.717) is 15.5 Å². The molecule has 0 N–H and O–H groups in total. The van der Waals surface area contributed by atoms with E-state index in [0.717, 1.165) is 11.8 Å². The number of hydrogen-bond donors (Lipinski definition) is 0. The first kappa shape index (κ1) is 14.8. The second kappa shape index (κ2) is 4.47. The molecule has 0 spiro atoms. The third-order valence-electron chi connectivity index (χ3n) is 5.68. The Morgan fingerprint density at radius 2 is 1.61 bits per heavy atom. The molecular weight excluding hydrogens is 235 g/mol. The van der Waals surface area contributed by atoms with E-state index in [4.69, 9.17) is 0 Å². The standard InChI is InChI=1S/C17H33P/c1-13-9-8-11-17(7)14(13)10-12-16(5,6)18(17)15(2,3)4/h13-14H,8-12H2,1-7H3/t13-,14?,17+,18?/m0/s1. The summed E-state index contributed by atoms with van der Waals surface area (Å²) in [5.41, 5.74) is 0. The monoisotopic (exact) mass is 268 g/mol. The van der Waals surface area contributed by atoms with Crippen LogP contribution in [-0.4, -0.2) is 15.5 Å². The van der Waals surface area contributed by atoms with Crippen molar-refractivity contribution in [2.24, 2.45) is 11.8 Å². The van der Waals surface area contributed by atoms with Gasteiger partial charge in [0.25, 0.3) is 0 Å². The van der Waals surface area contributed by atoms with Crippen LogP contribution in [0.15, 0.2) is 0 Å². The molecule has 1 saturated heterocycles. The zero-order valence-electron chi connectivity index (χ0n) is 13.6. The lowest BCUT2D eigenvalue weighted by Gasteiger charge is -2.63. The molecule has 2 rings (SSSR count). The van der Waals surface area contributed by atoms with Crippen LogP contribution in [0.2, 0.25) is 0 Å². The molecule has 0 aromatic rings. The highest BCUT2D eigenvalue weighted by Crippen LogP contribution is 2.76. The number of fused-ring (bicyclic) bond motifs is 1. The second-order valence-corrected chi connectivity index (χ2v) is 12.9. The highest BCUT2D eigenvalue weighted by Gasteiger charge is 2.56. The van der Waals surface area contributed by atoms with Gasteiger partial charge in [0, 0.05) is 0 Å². The summed E-state index contributed by atoms with van der Waals surface area (Å²) in [6.07, 6.45) is 7.39. The van der Waals surface area contributed by atoms with Crippen LogP contribution in [0.4, 0.5) is 0 Å². The average Bonchev–Trinajstić information content (AvgIpc) is 2.12. The second-order valence-electron chi connectivity index (χ2n) is 8.69. The third-order valence-corrected chi connectivity index (χ3v) is 10.0. The molecule has 0 radical (unpaired) electrons. The summed E-state index contributed by atoms with van der Waals surface area (Å²) in [4.78, 5) is 0. The minimum absolute atomic E-state index is 0.0779. The lowest BCUT2D eigenvalue weighted by molar-refractivity contribution is 0.164. The van der Waals surface area contributed by atoms with Crippen LogP contribution in [0.1, 0.15) is 80.6 Å². The molecule has 0 aromatic heterocycles. The van der Waals surface area contributed by atoms with Crippen molar-refractivity contribution >= 4 is 7.92 Å². The molecule has 0 amide bonds. The van der Waals surface area contributed by atoms with Crippen molar-refractivity contribution in [2.75, 3.05) is 0 Å². The Kier molecular flexibility index (Phi) is 3.69. The molecule has 0 bridgehead atoms. The smallest absolute Gasteiger partial charge is 0.00824 e. The van der Waals surface area contributed by atoms with Crippen LogP contribution < -0.4 is 0 Å². The van der Waals surface area contributed by atoms with Crippen molar-refractivity contribution in [3.8, 4) is 0 Å². The summed E-state index contributed by atoms with van der Waals surface area (Å²) < 4.78 is 0. The van der Waals surface area contributed by atoms with Crippen LogP contribution in [0.5, 0.6) is 0 Å². The van der Waals surface area contributed by atoms with E-state index in [9.17, 15) is 0 Å². The predicted molar refractivity (Wildman–Crippen MR) is 84.9 cm³/mol. The van der Waals surface area contributed by atoms with Gasteiger partial charge in [-0.25, -0.2) is 0 Å². The lowest BCUT2D eigenvalue weighted by atomic mass is 9.69. The summed E-state index contributed by atoms with van der Waals surface area (Å²) in [7, 11) is 0.0779. The maximum absolute atomic E-state index is 2.66. The zero-order chi connectivity index (χ0) is 13.8. The van der Waals surface area contributed by atoms with Gasteiger partial charge in [-0.15, -0.1) is 0 Å². The summed E-state index contributed by atoms with van der Waals surface area (Å²) in [6.45, 7) is 17.8. The largest absolute Gasteiger partial charge is 0.0890 e. The Balaban J connectivity index is 2.43. The quantitative estimate of drug-likeness (QED) is 0.470. The van der Waals surface area contributed by atoms with Crippen LogP contribution in [0.25, 0.3) is 0 Å². The van der Waals surface area contributed by atoms with Crippen molar-refractivity contribution in [3.05, 3.63) is 0 Å². The van der Waals surface area contributed by atoms with Crippen molar-refractivity contribution < 1.29 is 0 Å². The topological polar surface area (TPSA) is 0 Å². The molecule has 1 aliphatic heterocycles. The molecule has 0 aromatic carbocycles. The molecule has 1 heterocycles. The van der Waals surface area contributed by atoms with Crippen LogP contribution in [0.3, 0.4) is 0 Å². The molecule has 1 aliphatic carbocycles. The Labute approximate surface area is 116 Å². The number of rotatable bonds is 0. The fourth-order valence-corrected chi connectivity index (χ4v) is 11.8. The van der Waals surface area contributed by atoms with E-state index in [-0.39, 0.29) is 7.92 Å². The summed E-state index contributed by atoms with van der Waals surface area (Å²) in [5, 5.41) is 1.73. The van der Waals surface area contributed by atoms with E-state index in [1.54, 1.807) is 0 Å². The molecule has 18 heavy (non-hydrogen) atoms. The van der Waals surface area contributed by atoms with Crippen molar-refractivity contribution in [2.45, 2.75) is 96.0 Å². The van der Waals surface area contributed by atoms with E-state index in [2.05, 4.69) is 48.5 Å². The highest BCUT2D eigenvalue weighted by molar-refractivity contribution is 7.62. The molecule has 106 valence electrons. The van der Waals surface area contributed by atoms with Gasteiger partial charge < -0.3 is 0 Å². The fourth-order valence-electron chi connectivity index (χ4n) is 5.64. The first-order valence-electron chi connectivity index (χ1n) is 7.89. The lowest BCUT2D eigenvalue weighted by Crippen LogP contribution is -2.52.